The molecule has 0 radical (unpaired) electrons. The molecule has 4 rings (SSSR count). The summed E-state index contributed by atoms with van der Waals surface area (Å²) < 4.78 is 0. The molecule has 1 heterocycles. The zero-order chi connectivity index (χ0) is 17.9. The number of hydrogen-bond donors (Lipinski definition) is 2. The molecule has 0 aliphatic carbocycles. The van der Waals surface area contributed by atoms with Crippen molar-refractivity contribution in [3.05, 3.63) is 91.0 Å². The quantitative estimate of drug-likeness (QED) is 0.537. The standard InChI is InChI=1S/C23H19N3/c24-20-19(16-10-4-1-5-11-16)22(17-12-6-2-7-13-17)26-23(21(20)25)18-14-8-3-9-15-18/h1-15H,25H2,(H2,24,26). The van der Waals surface area contributed by atoms with Crippen molar-refractivity contribution < 1.29 is 0 Å². The Hall–Kier alpha value is -3.59. The Morgan fingerprint density at radius 2 is 0.885 bits per heavy atom. The van der Waals surface area contributed by atoms with Crippen molar-refractivity contribution in [2.45, 2.75) is 0 Å². The molecule has 1 aromatic heterocycles. The smallest absolute Gasteiger partial charge is 0.0960 e. The van der Waals surface area contributed by atoms with Gasteiger partial charge in [-0.3, -0.25) is 0 Å². The average molecular weight is 337 g/mol. The second-order valence-electron chi connectivity index (χ2n) is 6.11. The molecule has 0 saturated carbocycles. The highest BCUT2D eigenvalue weighted by Gasteiger charge is 2.19. The SMILES string of the molecule is Nc1c(-c2ccccc2)nc(-c2ccccc2)c(-c2ccccc2)c1N. The summed E-state index contributed by atoms with van der Waals surface area (Å²) in [7, 11) is 0. The van der Waals surface area contributed by atoms with Crippen LogP contribution >= 0.6 is 0 Å². The molecule has 3 nitrogen and oxygen atoms in total. The first-order valence-corrected chi connectivity index (χ1v) is 8.51. The third kappa shape index (κ3) is 2.80. The lowest BCUT2D eigenvalue weighted by Crippen LogP contribution is -2.05. The van der Waals surface area contributed by atoms with Gasteiger partial charge in [0.1, 0.15) is 0 Å². The maximum atomic E-state index is 6.53. The van der Waals surface area contributed by atoms with Crippen molar-refractivity contribution in [2.24, 2.45) is 0 Å². The minimum Gasteiger partial charge on any atom is -0.396 e. The fourth-order valence-electron chi connectivity index (χ4n) is 3.14. The zero-order valence-electron chi connectivity index (χ0n) is 14.3. The van der Waals surface area contributed by atoms with Crippen molar-refractivity contribution in [3.8, 4) is 33.6 Å². The monoisotopic (exact) mass is 337 g/mol. The number of aromatic nitrogens is 1. The van der Waals surface area contributed by atoms with E-state index in [9.17, 15) is 0 Å². The predicted molar refractivity (Wildman–Crippen MR) is 109 cm³/mol. The van der Waals surface area contributed by atoms with Crippen LogP contribution in [0.2, 0.25) is 0 Å². The van der Waals surface area contributed by atoms with Gasteiger partial charge in [0.2, 0.25) is 0 Å². The third-order valence-corrected chi connectivity index (χ3v) is 4.43. The molecule has 0 bridgehead atoms. The van der Waals surface area contributed by atoms with E-state index in [4.69, 9.17) is 16.5 Å². The van der Waals surface area contributed by atoms with E-state index in [1.54, 1.807) is 0 Å². The van der Waals surface area contributed by atoms with Crippen LogP contribution in [0.3, 0.4) is 0 Å². The Morgan fingerprint density at radius 3 is 1.38 bits per heavy atom. The normalized spacial score (nSPS) is 10.6. The van der Waals surface area contributed by atoms with Crippen LogP contribution in [0, 0.1) is 0 Å². The molecule has 0 fully saturated rings. The summed E-state index contributed by atoms with van der Waals surface area (Å²) in [4.78, 5) is 4.94. The third-order valence-electron chi connectivity index (χ3n) is 4.43. The summed E-state index contributed by atoms with van der Waals surface area (Å²) in [6.07, 6.45) is 0. The van der Waals surface area contributed by atoms with Gasteiger partial charge in [0.15, 0.2) is 0 Å². The number of pyridine rings is 1. The van der Waals surface area contributed by atoms with Crippen LogP contribution in [-0.4, -0.2) is 4.98 Å². The molecule has 4 aromatic rings. The number of nitrogens with zero attached hydrogens (tertiary/aromatic N) is 1. The molecule has 0 unspecified atom stereocenters. The van der Waals surface area contributed by atoms with E-state index >= 15 is 0 Å². The molecule has 26 heavy (non-hydrogen) atoms. The number of anilines is 2. The van der Waals surface area contributed by atoms with E-state index in [0.717, 1.165) is 27.9 Å². The molecule has 0 amide bonds. The van der Waals surface area contributed by atoms with Crippen LogP contribution < -0.4 is 11.5 Å². The summed E-state index contributed by atoms with van der Waals surface area (Å²) in [5, 5.41) is 0. The number of rotatable bonds is 3. The summed E-state index contributed by atoms with van der Waals surface area (Å²) in [5.74, 6) is 0. The Bertz CT molecular complexity index is 1030. The highest BCUT2D eigenvalue weighted by atomic mass is 14.8. The van der Waals surface area contributed by atoms with Crippen molar-refractivity contribution in [3.63, 3.8) is 0 Å². The zero-order valence-corrected chi connectivity index (χ0v) is 14.3. The highest BCUT2D eigenvalue weighted by Crippen LogP contribution is 2.42. The van der Waals surface area contributed by atoms with Gasteiger partial charge in [-0.15, -0.1) is 0 Å². The van der Waals surface area contributed by atoms with Crippen molar-refractivity contribution in [1.82, 2.24) is 4.98 Å². The van der Waals surface area contributed by atoms with Crippen molar-refractivity contribution in [2.75, 3.05) is 11.5 Å². The molecule has 0 atom stereocenters. The maximum Gasteiger partial charge on any atom is 0.0960 e. The van der Waals surface area contributed by atoms with E-state index in [1.165, 1.54) is 0 Å². The second-order valence-corrected chi connectivity index (χ2v) is 6.11. The van der Waals surface area contributed by atoms with Crippen LogP contribution in [0.5, 0.6) is 0 Å². The van der Waals surface area contributed by atoms with E-state index in [2.05, 4.69) is 0 Å². The number of nitrogens with two attached hydrogens (primary N) is 2. The van der Waals surface area contributed by atoms with Gasteiger partial charge in [-0.05, 0) is 5.56 Å². The van der Waals surface area contributed by atoms with Gasteiger partial charge in [-0.2, -0.15) is 0 Å². The Labute approximate surface area is 153 Å². The van der Waals surface area contributed by atoms with Crippen LogP contribution in [0.4, 0.5) is 11.4 Å². The minimum atomic E-state index is 0.509. The number of benzene rings is 3. The molecule has 3 heteroatoms. The number of hydrogen-bond acceptors (Lipinski definition) is 3. The molecular weight excluding hydrogens is 318 g/mol. The summed E-state index contributed by atoms with van der Waals surface area (Å²) in [5.41, 5.74) is 19.4. The first-order valence-electron chi connectivity index (χ1n) is 8.51. The topological polar surface area (TPSA) is 64.9 Å². The van der Waals surface area contributed by atoms with Crippen molar-refractivity contribution in [1.29, 1.82) is 0 Å². The van der Waals surface area contributed by atoms with Gasteiger partial charge >= 0.3 is 0 Å². The fourth-order valence-corrected chi connectivity index (χ4v) is 3.14. The molecular formula is C23H19N3. The lowest BCUT2D eigenvalue weighted by atomic mass is 9.95. The average Bonchev–Trinajstić information content (AvgIpc) is 2.72. The molecule has 126 valence electrons. The minimum absolute atomic E-state index is 0.509. The van der Waals surface area contributed by atoms with Crippen LogP contribution in [-0.2, 0) is 0 Å². The summed E-state index contributed by atoms with van der Waals surface area (Å²) in [6.45, 7) is 0. The first-order chi connectivity index (χ1) is 12.8. The maximum absolute atomic E-state index is 6.53. The first kappa shape index (κ1) is 15.9. The van der Waals surface area contributed by atoms with Gasteiger partial charge < -0.3 is 11.5 Å². The van der Waals surface area contributed by atoms with Gasteiger partial charge in [0.05, 0.1) is 22.8 Å². The summed E-state index contributed by atoms with van der Waals surface area (Å²) in [6, 6.07) is 30.0. The van der Waals surface area contributed by atoms with Gasteiger partial charge in [-0.1, -0.05) is 91.0 Å². The Balaban J connectivity index is 2.05. The molecule has 4 N–H and O–H groups in total. The molecule has 0 aliphatic rings. The van der Waals surface area contributed by atoms with Crippen LogP contribution in [0.25, 0.3) is 33.6 Å². The molecule has 0 aliphatic heterocycles. The second kappa shape index (κ2) is 6.73. The fraction of sp³-hybridized carbons (Fsp3) is 0. The van der Waals surface area contributed by atoms with Gasteiger partial charge in [0, 0.05) is 16.7 Å². The number of nitrogen functional groups attached to an aromatic ring is 2. The van der Waals surface area contributed by atoms with E-state index in [-0.39, 0.29) is 0 Å². The highest BCUT2D eigenvalue weighted by molar-refractivity contribution is 5.98. The lowest BCUT2D eigenvalue weighted by molar-refractivity contribution is 1.33. The largest absolute Gasteiger partial charge is 0.396 e. The Kier molecular flexibility index (Phi) is 4.12. The lowest BCUT2D eigenvalue weighted by Gasteiger charge is -2.18. The molecule has 3 aromatic carbocycles. The predicted octanol–water partition coefficient (Wildman–Crippen LogP) is 5.25. The molecule has 0 saturated heterocycles. The molecule has 0 spiro atoms. The van der Waals surface area contributed by atoms with Crippen LogP contribution in [0.15, 0.2) is 91.0 Å². The van der Waals surface area contributed by atoms with Gasteiger partial charge in [-0.25, -0.2) is 4.98 Å². The van der Waals surface area contributed by atoms with E-state index < -0.39 is 0 Å². The van der Waals surface area contributed by atoms with Gasteiger partial charge in [0.25, 0.3) is 0 Å². The Morgan fingerprint density at radius 1 is 0.462 bits per heavy atom. The van der Waals surface area contributed by atoms with E-state index in [0.29, 0.717) is 17.1 Å². The summed E-state index contributed by atoms with van der Waals surface area (Å²) >= 11 is 0. The van der Waals surface area contributed by atoms with E-state index in [1.807, 2.05) is 91.0 Å². The van der Waals surface area contributed by atoms with Crippen molar-refractivity contribution >= 4 is 11.4 Å². The van der Waals surface area contributed by atoms with Crippen LogP contribution in [0.1, 0.15) is 0 Å².